The third kappa shape index (κ3) is 6.03. The second kappa shape index (κ2) is 9.37. The summed E-state index contributed by atoms with van der Waals surface area (Å²) in [6, 6.07) is 5.42. The molecule has 0 saturated heterocycles. The maximum Gasteiger partial charge on any atom is 0.306 e. The predicted molar refractivity (Wildman–Crippen MR) is 113 cm³/mol. The van der Waals surface area contributed by atoms with Crippen molar-refractivity contribution >= 4 is 33.5 Å². The van der Waals surface area contributed by atoms with Crippen LogP contribution >= 0.6 is 15.9 Å². The lowest BCUT2D eigenvalue weighted by Crippen LogP contribution is -2.42. The molecule has 28 heavy (non-hydrogen) atoms. The van der Waals surface area contributed by atoms with Crippen LogP contribution in [0.3, 0.4) is 0 Å². The number of rotatable bonds is 8. The molecule has 0 fully saturated rings. The van der Waals surface area contributed by atoms with Crippen molar-refractivity contribution in [3.63, 3.8) is 0 Å². The van der Waals surface area contributed by atoms with Crippen molar-refractivity contribution in [3.8, 4) is 0 Å². The molecule has 2 rings (SSSR count). The van der Waals surface area contributed by atoms with Crippen LogP contribution in [0.2, 0.25) is 0 Å². The second-order valence-electron chi connectivity index (χ2n) is 8.67. The van der Waals surface area contributed by atoms with Crippen LogP contribution in [0.1, 0.15) is 52.0 Å². The number of aliphatic carboxylic acids is 1. The SMILES string of the molecule is C[C@H](C[C@H](O)[C@@H](N)CC(C)(C)CC(=O)N1CCCc2cc(Br)ccc21)C(=O)O. The van der Waals surface area contributed by atoms with Gasteiger partial charge in [-0.05, 0) is 54.9 Å². The molecular weight excluding hydrogens is 424 g/mol. The summed E-state index contributed by atoms with van der Waals surface area (Å²) in [7, 11) is 0. The first-order chi connectivity index (χ1) is 13.0. The lowest BCUT2D eigenvalue weighted by molar-refractivity contribution is -0.142. The summed E-state index contributed by atoms with van der Waals surface area (Å²) < 4.78 is 1.01. The Morgan fingerprint density at radius 1 is 1.36 bits per heavy atom. The lowest BCUT2D eigenvalue weighted by Gasteiger charge is -2.34. The van der Waals surface area contributed by atoms with Crippen LogP contribution in [0.25, 0.3) is 0 Å². The van der Waals surface area contributed by atoms with Gasteiger partial charge in [0, 0.05) is 29.2 Å². The molecule has 4 N–H and O–H groups in total. The van der Waals surface area contributed by atoms with Crippen molar-refractivity contribution in [2.45, 2.75) is 65.0 Å². The first-order valence-electron chi connectivity index (χ1n) is 9.75. The Bertz CT molecular complexity index is 722. The minimum Gasteiger partial charge on any atom is -0.481 e. The van der Waals surface area contributed by atoms with Crippen molar-refractivity contribution in [2.75, 3.05) is 11.4 Å². The number of hydrogen-bond donors (Lipinski definition) is 3. The number of carbonyl (C=O) groups is 2. The fourth-order valence-corrected chi connectivity index (χ4v) is 4.22. The van der Waals surface area contributed by atoms with Crippen molar-refractivity contribution in [1.82, 2.24) is 0 Å². The van der Waals surface area contributed by atoms with E-state index in [4.69, 9.17) is 10.8 Å². The van der Waals surface area contributed by atoms with Crippen molar-refractivity contribution < 1.29 is 19.8 Å². The van der Waals surface area contributed by atoms with Crippen LogP contribution in [0, 0.1) is 11.3 Å². The Labute approximate surface area is 175 Å². The van der Waals surface area contributed by atoms with Crippen LogP contribution in [-0.4, -0.2) is 40.8 Å². The molecule has 1 aromatic rings. The highest BCUT2D eigenvalue weighted by Gasteiger charge is 2.32. The number of hydrogen-bond acceptors (Lipinski definition) is 4. The van der Waals surface area contributed by atoms with Crippen LogP contribution < -0.4 is 10.6 Å². The Morgan fingerprint density at radius 2 is 2.04 bits per heavy atom. The molecule has 0 spiro atoms. The molecule has 7 heteroatoms. The molecular formula is C21H31BrN2O4. The molecule has 156 valence electrons. The van der Waals surface area contributed by atoms with Gasteiger partial charge in [-0.3, -0.25) is 9.59 Å². The Balaban J connectivity index is 2.00. The van der Waals surface area contributed by atoms with Crippen molar-refractivity contribution in [3.05, 3.63) is 28.2 Å². The average Bonchev–Trinajstić information content (AvgIpc) is 2.59. The normalized spacial score (nSPS) is 17.6. The van der Waals surface area contributed by atoms with Crippen LogP contribution in [0.15, 0.2) is 22.7 Å². The number of carboxylic acids is 1. The fourth-order valence-electron chi connectivity index (χ4n) is 3.81. The van der Waals surface area contributed by atoms with Gasteiger partial charge < -0.3 is 20.8 Å². The maximum atomic E-state index is 13.0. The van der Waals surface area contributed by atoms with E-state index in [9.17, 15) is 14.7 Å². The highest BCUT2D eigenvalue weighted by Crippen LogP contribution is 2.34. The molecule has 3 atom stereocenters. The number of anilines is 1. The molecule has 0 saturated carbocycles. The van der Waals surface area contributed by atoms with E-state index in [1.54, 1.807) is 6.92 Å². The van der Waals surface area contributed by atoms with E-state index < -0.39 is 29.4 Å². The summed E-state index contributed by atoms with van der Waals surface area (Å²) in [6.07, 6.45) is 1.84. The minimum atomic E-state index is -0.948. The quantitative estimate of drug-likeness (QED) is 0.558. The highest BCUT2D eigenvalue weighted by atomic mass is 79.9. The number of nitrogens with zero attached hydrogens (tertiary/aromatic N) is 1. The van der Waals surface area contributed by atoms with Crippen molar-refractivity contribution in [1.29, 1.82) is 0 Å². The van der Waals surface area contributed by atoms with E-state index >= 15 is 0 Å². The van der Waals surface area contributed by atoms with Crippen LogP contribution in [-0.2, 0) is 16.0 Å². The summed E-state index contributed by atoms with van der Waals surface area (Å²) >= 11 is 3.48. The zero-order chi connectivity index (χ0) is 21.1. The number of aliphatic hydroxyl groups excluding tert-OH is 1. The van der Waals surface area contributed by atoms with Gasteiger partial charge in [0.2, 0.25) is 5.91 Å². The van der Waals surface area contributed by atoms with Gasteiger partial charge in [-0.25, -0.2) is 0 Å². The maximum absolute atomic E-state index is 13.0. The summed E-state index contributed by atoms with van der Waals surface area (Å²) in [6.45, 7) is 6.18. The van der Waals surface area contributed by atoms with E-state index in [1.807, 2.05) is 30.9 Å². The first-order valence-corrected chi connectivity index (χ1v) is 10.5. The number of halogens is 1. The van der Waals surface area contributed by atoms with Crippen molar-refractivity contribution in [2.24, 2.45) is 17.1 Å². The highest BCUT2D eigenvalue weighted by molar-refractivity contribution is 9.10. The summed E-state index contributed by atoms with van der Waals surface area (Å²) in [4.78, 5) is 25.8. The largest absolute Gasteiger partial charge is 0.481 e. The van der Waals surface area contributed by atoms with Gasteiger partial charge in [-0.1, -0.05) is 36.7 Å². The number of benzene rings is 1. The zero-order valence-corrected chi connectivity index (χ0v) is 18.4. The number of aliphatic hydroxyl groups is 1. The number of fused-ring (bicyclic) bond motifs is 1. The third-order valence-electron chi connectivity index (χ3n) is 5.39. The van der Waals surface area contributed by atoms with Gasteiger partial charge in [0.25, 0.3) is 0 Å². The molecule has 0 unspecified atom stereocenters. The Kier molecular flexibility index (Phi) is 7.65. The molecule has 0 aliphatic carbocycles. The molecule has 1 heterocycles. The molecule has 0 aromatic heterocycles. The lowest BCUT2D eigenvalue weighted by atomic mass is 9.80. The standard InChI is InChI=1S/C21H31BrN2O4/c1-13(20(27)28)9-18(25)16(23)11-21(2,3)12-19(26)24-8-4-5-14-10-15(22)6-7-17(14)24/h6-7,10,13,16,18,25H,4-5,8-9,11-12,23H2,1-3H3,(H,27,28)/t13-,16+,18+/m1/s1. The van der Waals surface area contributed by atoms with E-state index in [0.717, 1.165) is 23.0 Å². The van der Waals surface area contributed by atoms with Crippen LogP contribution in [0.4, 0.5) is 5.69 Å². The monoisotopic (exact) mass is 454 g/mol. The number of amides is 1. The van der Waals surface area contributed by atoms with Gasteiger partial charge in [0.15, 0.2) is 0 Å². The fraction of sp³-hybridized carbons (Fsp3) is 0.619. The molecule has 1 amide bonds. The molecule has 1 aliphatic heterocycles. The van der Waals surface area contributed by atoms with Gasteiger partial charge in [-0.2, -0.15) is 0 Å². The molecule has 1 aromatic carbocycles. The summed E-state index contributed by atoms with van der Waals surface area (Å²) in [5.41, 5.74) is 7.86. The topological polar surface area (TPSA) is 104 Å². The third-order valence-corrected chi connectivity index (χ3v) is 5.88. The molecule has 1 aliphatic rings. The molecule has 6 nitrogen and oxygen atoms in total. The number of nitrogens with two attached hydrogens (primary N) is 1. The summed E-state index contributed by atoms with van der Waals surface area (Å²) in [5.74, 6) is -1.56. The van der Waals surface area contributed by atoms with E-state index in [0.29, 0.717) is 19.4 Å². The van der Waals surface area contributed by atoms with E-state index in [-0.39, 0.29) is 12.3 Å². The number of carboxylic acid groups (broad SMARTS) is 1. The zero-order valence-electron chi connectivity index (χ0n) is 16.8. The average molecular weight is 455 g/mol. The van der Waals surface area contributed by atoms with E-state index in [2.05, 4.69) is 22.0 Å². The minimum absolute atomic E-state index is 0.0499. The van der Waals surface area contributed by atoms with Gasteiger partial charge in [0.05, 0.1) is 12.0 Å². The number of aryl methyl sites for hydroxylation is 1. The smallest absolute Gasteiger partial charge is 0.306 e. The van der Waals surface area contributed by atoms with Gasteiger partial charge in [-0.15, -0.1) is 0 Å². The first kappa shape index (κ1) is 22.8. The Hall–Kier alpha value is -1.44. The summed E-state index contributed by atoms with van der Waals surface area (Å²) in [5, 5.41) is 19.3. The molecule has 0 radical (unpaired) electrons. The molecule has 0 bridgehead atoms. The van der Waals surface area contributed by atoms with Gasteiger partial charge >= 0.3 is 5.97 Å². The Morgan fingerprint density at radius 3 is 2.68 bits per heavy atom. The second-order valence-corrected chi connectivity index (χ2v) is 9.59. The van der Waals surface area contributed by atoms with E-state index in [1.165, 1.54) is 5.56 Å². The van der Waals surface area contributed by atoms with Gasteiger partial charge in [0.1, 0.15) is 0 Å². The van der Waals surface area contributed by atoms with Crippen LogP contribution in [0.5, 0.6) is 0 Å². The predicted octanol–water partition coefficient (Wildman–Crippen LogP) is 3.33. The number of carbonyl (C=O) groups excluding carboxylic acids is 1.